The van der Waals surface area contributed by atoms with Crippen LogP contribution in [-0.2, 0) is 67.0 Å². The molecular formula is C101H153F3N18O21. The van der Waals surface area contributed by atoms with E-state index in [0.717, 1.165) is 30.6 Å². The summed E-state index contributed by atoms with van der Waals surface area (Å²) in [6.45, 7) is 51.2. The number of urea groups is 3. The minimum atomic E-state index is -4.66. The van der Waals surface area contributed by atoms with Gasteiger partial charge in [0.15, 0.2) is 0 Å². The Hall–Kier alpha value is -11.5. The summed E-state index contributed by atoms with van der Waals surface area (Å²) in [6, 6.07) is -6.81. The summed E-state index contributed by atoms with van der Waals surface area (Å²) in [4.78, 5) is 259. The number of likely N-dealkylation sites (N-methyl/N-ethyl adjacent to an activating group) is 1. The molecule has 19 amide bonds. The number of rotatable bonds is 35. The Bertz CT molecular complexity index is 5070. The Balaban J connectivity index is 0.000000221. The van der Waals surface area contributed by atoms with Gasteiger partial charge in [0.05, 0.1) is 67.0 Å². The van der Waals surface area contributed by atoms with Gasteiger partial charge in [0.2, 0.25) is 52.8 Å². The van der Waals surface area contributed by atoms with Crippen molar-refractivity contribution in [3.8, 4) is 0 Å². The highest BCUT2D eigenvalue weighted by atomic mass is 19.4. The number of ether oxygens (including phenoxy) is 2. The monoisotopic (exact) mass is 2010 g/mol. The number of hydrogen-bond acceptors (Lipinski definition) is 21. The Labute approximate surface area is 835 Å². The van der Waals surface area contributed by atoms with Crippen LogP contribution in [0.3, 0.4) is 0 Å². The molecule has 39 nitrogen and oxygen atoms in total. The zero-order valence-electron chi connectivity index (χ0n) is 87.5. The molecule has 11 aliphatic rings. The average Bonchev–Trinajstić information content (AvgIpc) is 1.53. The van der Waals surface area contributed by atoms with E-state index >= 15 is 0 Å². The number of fused-ring (bicyclic) bond motifs is 4. The normalized spacial score (nSPS) is 24.5. The van der Waals surface area contributed by atoms with Crippen LogP contribution in [0, 0.1) is 96.1 Å². The number of halogens is 3. The number of piperidine rings is 3. The molecule has 5 aliphatic carbocycles. The topological polar surface area (TPSA) is 521 Å². The predicted molar refractivity (Wildman–Crippen MR) is 518 cm³/mol. The minimum absolute atomic E-state index is 0.0538. The molecule has 10 fully saturated rings. The number of imide groups is 1. The Morgan fingerprint density at radius 1 is 0.448 bits per heavy atom. The summed E-state index contributed by atoms with van der Waals surface area (Å²) in [5.41, 5.74) is 1.31. The van der Waals surface area contributed by atoms with Crippen LogP contribution in [0.5, 0.6) is 0 Å². The fourth-order valence-corrected chi connectivity index (χ4v) is 20.7. The van der Waals surface area contributed by atoms with Gasteiger partial charge in [0, 0.05) is 52.7 Å². The SMILES string of the molecule is C=CCNC(=O)C(=O)C(CCC(F)(F)F)NC(=O)[C@@H]1[C@@H]2[C@H](CN1C(=O)[C@@H](NC(=O)N[C@H](CN1CCOC1=O)C(C)(C)C)C(C)(C)C)C2(C)C.CC(C)(C)[C@H](NC(=O)N[C@H](CN1CCOC1=O)C(C)(C)C)C(=O)N1C[C@H]2[C@@H]([C@H]1C(=O)NC(CC1CC1)C(=O)C(N)=O)C2(C)C.CNC(=O)C(=O)C(CC1CC1)NC(=O)[C@@H]1[C@@H]2[C@H](CN1C(=O)[C@@H](NC(=O)N[C@H](CN1C(=O)c3ccccc3C1=O)C(C)(C)C)C(C)(C)C)C2(C)C. The molecule has 143 heavy (non-hydrogen) atoms. The van der Waals surface area contributed by atoms with Crippen molar-refractivity contribution in [2.75, 3.05) is 79.2 Å². The first-order chi connectivity index (χ1) is 65.8. The van der Waals surface area contributed by atoms with Crippen molar-refractivity contribution in [3.63, 3.8) is 0 Å². The predicted octanol–water partition coefficient (Wildman–Crippen LogP) is 6.63. The highest BCUT2D eigenvalue weighted by Gasteiger charge is 2.73. The first kappa shape index (κ1) is 113. The quantitative estimate of drug-likeness (QED) is 0.0193. The second-order valence-electron chi connectivity index (χ2n) is 48.8. The molecule has 0 aromatic heterocycles. The van der Waals surface area contributed by atoms with Crippen LogP contribution in [0.2, 0.25) is 0 Å². The first-order valence-corrected chi connectivity index (χ1v) is 49.7. The number of likely N-dealkylation sites (tertiary alicyclic amines) is 3. The molecule has 13 N–H and O–H groups in total. The van der Waals surface area contributed by atoms with E-state index in [1.165, 1.54) is 32.7 Å². The summed E-state index contributed by atoms with van der Waals surface area (Å²) in [5, 5.41) is 29.8. The van der Waals surface area contributed by atoms with Crippen LogP contribution < -0.4 is 64.2 Å². The van der Waals surface area contributed by atoms with Crippen molar-refractivity contribution in [1.82, 2.24) is 87.9 Å². The Morgan fingerprint density at radius 3 is 1.04 bits per heavy atom. The lowest BCUT2D eigenvalue weighted by Gasteiger charge is -2.39. The standard InChI is InChI=1S/C37H52N6O7.C33H51F3N6O7.C31H50N6O7/c1-35(2,3)24(18-43-31(47)20-12-10-11-13-21(20)32(43)48)40-34(50)41-28(36(4,5)6)33(49)42-17-22-25(37(22,7)8)26(42)29(45)39-23(16-19-14-15-19)27(44)30(46)38-9;1-10-13-37-26(45)23(43)19(11-12-33(34,35)36)38-25(44)22-21-18(32(21,8)9)16-42(22)27(46)24(31(5,6)7)40-28(47)39-20(30(2,3)4)17-41-14-15-49-29(41)48;1-29(2,3)19(15-36-11-12-44-28(36)43)34-27(42)35-23(30(4,5)6)26(41)37-14-17-20(31(17,7)8)21(37)25(40)33-18(13-16-9-10-16)22(38)24(32)39/h10-13,19,22-26,28H,14-18H2,1-9H3,(H,38,46)(H,39,45)(H2,40,41,50);10,18-22,24H,1,11-17H2,2-9H3,(H,37,45)(H,38,44)(H2,39,40,47);16-21,23H,9-15H2,1-8H3,(H2,32,39)(H,33,40)(H2,34,35,42)/t22-,23?,24+,25-,26-,28+;18-,19?,20+,21-,22-,24+;17-,18?,19+,20-,21-,23+/m000/s1. The van der Waals surface area contributed by atoms with Crippen molar-refractivity contribution in [3.05, 3.63) is 48.0 Å². The van der Waals surface area contributed by atoms with Gasteiger partial charge in [-0.05, 0) is 127 Å². The van der Waals surface area contributed by atoms with Gasteiger partial charge in [-0.25, -0.2) is 24.0 Å². The Kier molecular flexibility index (Phi) is 33.8. The first-order valence-electron chi connectivity index (χ1n) is 49.7. The van der Waals surface area contributed by atoms with E-state index < -0.39 is 237 Å². The van der Waals surface area contributed by atoms with E-state index in [1.54, 1.807) is 49.9 Å². The number of nitrogens with one attached hydrogen (secondary N) is 11. The van der Waals surface area contributed by atoms with Crippen LogP contribution in [0.4, 0.5) is 37.1 Å². The van der Waals surface area contributed by atoms with Gasteiger partial charge in [-0.3, -0.25) is 72.0 Å². The number of Topliss-reactive ketones (excluding diaryl/α,β-unsaturated/α-hetero) is 3. The van der Waals surface area contributed by atoms with Crippen molar-refractivity contribution in [2.24, 2.45) is 102 Å². The van der Waals surface area contributed by atoms with Crippen LogP contribution in [-0.4, -0.2) is 300 Å². The third-order valence-corrected chi connectivity index (χ3v) is 30.7. The van der Waals surface area contributed by atoms with Gasteiger partial charge >= 0.3 is 36.5 Å². The minimum Gasteiger partial charge on any atom is -0.448 e. The zero-order chi connectivity index (χ0) is 107. The summed E-state index contributed by atoms with van der Waals surface area (Å²) in [5.74, 6) is -10.1. The summed E-state index contributed by atoms with van der Waals surface area (Å²) >= 11 is 0. The van der Waals surface area contributed by atoms with Gasteiger partial charge < -0.3 is 98.2 Å². The van der Waals surface area contributed by atoms with Gasteiger partial charge in [-0.15, -0.1) is 6.58 Å². The number of amides is 19. The molecule has 1 aromatic rings. The van der Waals surface area contributed by atoms with E-state index in [-0.39, 0.29) is 103 Å². The summed E-state index contributed by atoms with van der Waals surface area (Å²) < 4.78 is 49.6. The number of hydrogen-bond donors (Lipinski definition) is 12. The molecule has 6 aliphatic heterocycles. The smallest absolute Gasteiger partial charge is 0.410 e. The van der Waals surface area contributed by atoms with Crippen molar-refractivity contribution in [2.45, 2.75) is 296 Å². The number of alkyl halides is 3. The lowest BCUT2D eigenvalue weighted by Crippen LogP contribution is -2.63. The van der Waals surface area contributed by atoms with E-state index in [2.05, 4.69) is 92.8 Å². The number of nitrogens with two attached hydrogens (primary N) is 1. The van der Waals surface area contributed by atoms with Gasteiger partial charge in [0.1, 0.15) is 49.5 Å². The van der Waals surface area contributed by atoms with Gasteiger partial charge in [-0.1, -0.05) is 210 Å². The van der Waals surface area contributed by atoms with Crippen molar-refractivity contribution < 1.29 is 114 Å². The van der Waals surface area contributed by atoms with E-state index in [1.807, 2.05) is 118 Å². The lowest BCUT2D eigenvalue weighted by molar-refractivity contribution is -0.148. The molecule has 18 atom stereocenters. The second kappa shape index (κ2) is 42.6. The molecule has 12 rings (SSSR count). The van der Waals surface area contributed by atoms with Crippen molar-refractivity contribution >= 4 is 113 Å². The third-order valence-electron chi connectivity index (χ3n) is 30.7. The van der Waals surface area contributed by atoms with Gasteiger partial charge in [-0.2, -0.15) is 13.2 Å². The van der Waals surface area contributed by atoms with E-state index in [9.17, 15) is 104 Å². The fraction of sp³-hybridized carbons (Fsp3) is 0.733. The fourth-order valence-electron chi connectivity index (χ4n) is 20.7. The molecule has 42 heteroatoms. The average molecular weight is 2010 g/mol. The third kappa shape index (κ3) is 26.8. The summed E-state index contributed by atoms with van der Waals surface area (Å²) in [6.07, 6.45) is -2.20. The maximum absolute atomic E-state index is 14.4. The van der Waals surface area contributed by atoms with Crippen LogP contribution in [0.15, 0.2) is 36.9 Å². The molecule has 6 heterocycles. The molecule has 5 saturated heterocycles. The number of carbonyl (C=O) groups is 19. The molecule has 0 bridgehead atoms. The maximum Gasteiger partial charge on any atom is 0.410 e. The second-order valence-corrected chi connectivity index (χ2v) is 48.8. The zero-order valence-corrected chi connectivity index (χ0v) is 87.5. The molecule has 1 aromatic carbocycles. The van der Waals surface area contributed by atoms with E-state index in [0.29, 0.717) is 56.8 Å². The maximum atomic E-state index is 14.4. The number of ketones is 3. The lowest BCUT2D eigenvalue weighted by atomic mass is 9.84. The van der Waals surface area contributed by atoms with Crippen molar-refractivity contribution in [1.29, 1.82) is 0 Å². The van der Waals surface area contributed by atoms with Crippen LogP contribution in [0.25, 0.3) is 0 Å². The number of nitrogens with zero attached hydrogens (tertiary/aromatic N) is 6. The van der Waals surface area contributed by atoms with E-state index in [4.69, 9.17) is 15.2 Å². The molecule has 794 valence electrons. The molecule has 0 radical (unpaired) electrons. The number of cyclic esters (lactones) is 2. The van der Waals surface area contributed by atoms with Crippen LogP contribution in [0.1, 0.15) is 238 Å². The van der Waals surface area contributed by atoms with Gasteiger partial charge in [0.25, 0.3) is 29.5 Å². The number of primary amides is 1. The molecule has 5 saturated carbocycles. The number of carbonyl (C=O) groups excluding carboxylic acids is 19. The summed E-state index contributed by atoms with van der Waals surface area (Å²) in [7, 11) is 1.37. The largest absolute Gasteiger partial charge is 0.448 e. The highest BCUT2D eigenvalue weighted by Crippen LogP contribution is 2.67. The number of benzene rings is 1. The molecule has 0 spiro atoms. The van der Waals surface area contributed by atoms with Crippen LogP contribution >= 0.6 is 0 Å². The molecular weight excluding hydrogens is 1860 g/mol. The Morgan fingerprint density at radius 2 is 0.762 bits per heavy atom. The highest BCUT2D eigenvalue weighted by molar-refractivity contribution is 6.39. The molecule has 3 unspecified atom stereocenters.